The second-order valence-corrected chi connectivity index (χ2v) is 4.82. The van der Waals surface area contributed by atoms with Crippen LogP contribution in [-0.4, -0.2) is 48.8 Å². The molecule has 2 rings (SSSR count). The minimum atomic E-state index is 0.319. The highest BCUT2D eigenvalue weighted by atomic mass is 32.2. The summed E-state index contributed by atoms with van der Waals surface area (Å²) in [6.07, 6.45) is 6.09. The Morgan fingerprint density at radius 2 is 2.46 bits per heavy atom. The van der Waals surface area contributed by atoms with Crippen molar-refractivity contribution >= 4 is 11.8 Å². The molecule has 74 valence electrons. The van der Waals surface area contributed by atoms with Crippen molar-refractivity contribution in [2.24, 2.45) is 0 Å². The Morgan fingerprint density at radius 1 is 1.54 bits per heavy atom. The van der Waals surface area contributed by atoms with Crippen molar-refractivity contribution in [1.82, 2.24) is 4.90 Å². The van der Waals surface area contributed by atoms with Crippen LogP contribution in [0.4, 0.5) is 0 Å². The highest BCUT2D eigenvalue weighted by molar-refractivity contribution is 7.99. The van der Waals surface area contributed by atoms with Gasteiger partial charge in [0.15, 0.2) is 0 Å². The van der Waals surface area contributed by atoms with E-state index in [2.05, 4.69) is 28.8 Å². The van der Waals surface area contributed by atoms with Crippen LogP contribution in [-0.2, 0) is 4.74 Å². The summed E-state index contributed by atoms with van der Waals surface area (Å²) in [5.74, 6) is 2.65. The minimum Gasteiger partial charge on any atom is -0.376 e. The zero-order valence-electron chi connectivity index (χ0n) is 8.11. The molecule has 2 aliphatic heterocycles. The van der Waals surface area contributed by atoms with E-state index in [4.69, 9.17) is 4.74 Å². The Kier molecular flexibility index (Phi) is 3.30. The van der Waals surface area contributed by atoms with Crippen LogP contribution in [0, 0.1) is 0 Å². The van der Waals surface area contributed by atoms with Gasteiger partial charge in [0.1, 0.15) is 0 Å². The lowest BCUT2D eigenvalue weighted by atomic mass is 10.1. The van der Waals surface area contributed by atoms with Gasteiger partial charge in [0, 0.05) is 32.0 Å². The van der Waals surface area contributed by atoms with Gasteiger partial charge in [-0.3, -0.25) is 4.90 Å². The van der Waals surface area contributed by atoms with Gasteiger partial charge in [0.25, 0.3) is 0 Å². The molecule has 2 unspecified atom stereocenters. The van der Waals surface area contributed by atoms with E-state index in [-0.39, 0.29) is 0 Å². The first kappa shape index (κ1) is 9.56. The number of rotatable bonds is 2. The van der Waals surface area contributed by atoms with Gasteiger partial charge < -0.3 is 4.74 Å². The molecule has 0 aromatic rings. The Morgan fingerprint density at radius 3 is 3.15 bits per heavy atom. The number of methoxy groups -OCH3 is 1. The van der Waals surface area contributed by atoms with Crippen molar-refractivity contribution in [3.63, 3.8) is 0 Å². The fourth-order valence-corrected chi connectivity index (χ4v) is 3.23. The van der Waals surface area contributed by atoms with Crippen molar-refractivity contribution in [1.29, 1.82) is 0 Å². The van der Waals surface area contributed by atoms with Gasteiger partial charge in [0.05, 0.1) is 6.10 Å². The maximum absolute atomic E-state index is 5.35. The first-order chi connectivity index (χ1) is 6.40. The lowest BCUT2D eigenvalue weighted by Crippen LogP contribution is -2.43. The van der Waals surface area contributed by atoms with Crippen LogP contribution in [0.1, 0.15) is 6.42 Å². The van der Waals surface area contributed by atoms with Gasteiger partial charge in [-0.15, -0.1) is 0 Å². The fourth-order valence-electron chi connectivity index (χ4n) is 1.98. The Hall–Kier alpha value is 0.01000. The number of hydrogen-bond donors (Lipinski definition) is 0. The smallest absolute Gasteiger partial charge is 0.0879 e. The number of ether oxygens (including phenoxy) is 1. The van der Waals surface area contributed by atoms with Crippen molar-refractivity contribution in [2.75, 3.05) is 31.7 Å². The molecule has 0 aliphatic carbocycles. The third kappa shape index (κ3) is 2.27. The first-order valence-corrected chi connectivity index (χ1v) is 6.07. The van der Waals surface area contributed by atoms with Crippen LogP contribution in [0.25, 0.3) is 0 Å². The van der Waals surface area contributed by atoms with Crippen LogP contribution in [0.3, 0.4) is 0 Å². The second-order valence-electron chi connectivity index (χ2n) is 3.67. The Balaban J connectivity index is 1.90. The van der Waals surface area contributed by atoms with Crippen LogP contribution in [0.5, 0.6) is 0 Å². The standard InChI is InChI=1S/C10H17NOS/c1-12-10-3-2-5-11(7-10)9-4-6-13-8-9/h2-3,9-10H,4-8H2,1H3. The fraction of sp³-hybridized carbons (Fsp3) is 0.800. The predicted octanol–water partition coefficient (Wildman–Crippen LogP) is 1.38. The van der Waals surface area contributed by atoms with Gasteiger partial charge in [-0.2, -0.15) is 11.8 Å². The zero-order valence-corrected chi connectivity index (χ0v) is 8.93. The summed E-state index contributed by atoms with van der Waals surface area (Å²) in [5, 5.41) is 0. The van der Waals surface area contributed by atoms with E-state index in [1.807, 2.05) is 0 Å². The van der Waals surface area contributed by atoms with Crippen LogP contribution in [0.15, 0.2) is 12.2 Å². The summed E-state index contributed by atoms with van der Waals surface area (Å²) in [7, 11) is 1.79. The quantitative estimate of drug-likeness (QED) is 0.623. The maximum atomic E-state index is 5.35. The average Bonchev–Trinajstić information content (AvgIpc) is 2.71. The van der Waals surface area contributed by atoms with Crippen LogP contribution < -0.4 is 0 Å². The summed E-state index contributed by atoms with van der Waals surface area (Å²) >= 11 is 2.08. The van der Waals surface area contributed by atoms with Gasteiger partial charge in [-0.05, 0) is 12.2 Å². The number of hydrogen-bond acceptors (Lipinski definition) is 3. The SMILES string of the molecule is COC1C=CCN(C2CCSC2)C1. The molecular weight excluding hydrogens is 182 g/mol. The topological polar surface area (TPSA) is 12.5 Å². The molecule has 2 atom stereocenters. The molecule has 0 bridgehead atoms. The molecule has 0 spiro atoms. The monoisotopic (exact) mass is 199 g/mol. The summed E-state index contributed by atoms with van der Waals surface area (Å²) in [6, 6.07) is 0.799. The molecule has 2 aliphatic rings. The number of nitrogens with zero attached hydrogens (tertiary/aromatic N) is 1. The van der Waals surface area contributed by atoms with E-state index < -0.39 is 0 Å². The molecule has 0 radical (unpaired) electrons. The normalized spacial score (nSPS) is 35.5. The van der Waals surface area contributed by atoms with E-state index in [9.17, 15) is 0 Å². The highest BCUT2D eigenvalue weighted by Crippen LogP contribution is 2.23. The molecule has 0 amide bonds. The lowest BCUT2D eigenvalue weighted by Gasteiger charge is -2.32. The molecule has 2 heterocycles. The molecule has 1 fully saturated rings. The van der Waals surface area contributed by atoms with Gasteiger partial charge >= 0.3 is 0 Å². The van der Waals surface area contributed by atoms with Crippen molar-refractivity contribution < 1.29 is 4.74 Å². The minimum absolute atomic E-state index is 0.319. The van der Waals surface area contributed by atoms with Gasteiger partial charge in [0.2, 0.25) is 0 Å². The van der Waals surface area contributed by atoms with Crippen LogP contribution in [0.2, 0.25) is 0 Å². The molecule has 1 saturated heterocycles. The van der Waals surface area contributed by atoms with E-state index >= 15 is 0 Å². The van der Waals surface area contributed by atoms with Crippen molar-refractivity contribution in [3.05, 3.63) is 12.2 Å². The van der Waals surface area contributed by atoms with Crippen LogP contribution >= 0.6 is 11.8 Å². The van der Waals surface area contributed by atoms with E-state index in [0.29, 0.717) is 6.10 Å². The summed E-state index contributed by atoms with van der Waals surface area (Å²) in [5.41, 5.74) is 0. The van der Waals surface area contributed by atoms with Crippen molar-refractivity contribution in [3.8, 4) is 0 Å². The summed E-state index contributed by atoms with van der Waals surface area (Å²) in [6.45, 7) is 2.20. The molecule has 2 nitrogen and oxygen atoms in total. The zero-order chi connectivity index (χ0) is 9.10. The number of thioether (sulfide) groups is 1. The molecule has 0 aromatic heterocycles. The second kappa shape index (κ2) is 4.49. The largest absolute Gasteiger partial charge is 0.376 e. The van der Waals surface area contributed by atoms with Crippen molar-refractivity contribution in [2.45, 2.75) is 18.6 Å². The molecule has 3 heteroatoms. The lowest BCUT2D eigenvalue weighted by molar-refractivity contribution is 0.0788. The molecule has 0 saturated carbocycles. The first-order valence-electron chi connectivity index (χ1n) is 4.91. The summed E-state index contributed by atoms with van der Waals surface area (Å²) < 4.78 is 5.35. The average molecular weight is 199 g/mol. The molecule has 0 aromatic carbocycles. The third-order valence-electron chi connectivity index (χ3n) is 2.83. The Bertz CT molecular complexity index is 189. The molecule has 13 heavy (non-hydrogen) atoms. The molecule has 0 N–H and O–H groups in total. The third-order valence-corrected chi connectivity index (χ3v) is 3.97. The van der Waals surface area contributed by atoms with E-state index in [0.717, 1.165) is 19.1 Å². The predicted molar refractivity (Wildman–Crippen MR) is 57.2 cm³/mol. The van der Waals surface area contributed by atoms with E-state index in [1.165, 1.54) is 17.9 Å². The highest BCUT2D eigenvalue weighted by Gasteiger charge is 2.25. The maximum Gasteiger partial charge on any atom is 0.0879 e. The molecular formula is C10H17NOS. The van der Waals surface area contributed by atoms with Gasteiger partial charge in [-0.1, -0.05) is 12.2 Å². The summed E-state index contributed by atoms with van der Waals surface area (Å²) in [4.78, 5) is 2.55. The van der Waals surface area contributed by atoms with E-state index in [1.54, 1.807) is 7.11 Å². The Labute approximate surface area is 84.3 Å². The van der Waals surface area contributed by atoms with Gasteiger partial charge in [-0.25, -0.2) is 0 Å².